The molecular formula is C16H17ClN2OS. The van der Waals surface area contributed by atoms with Crippen molar-refractivity contribution in [3.8, 4) is 0 Å². The average Bonchev–Trinajstić information content (AvgIpc) is 2.42. The monoisotopic (exact) mass is 320 g/mol. The topological polar surface area (TPSA) is 55.1 Å². The molecule has 0 aliphatic heterocycles. The van der Waals surface area contributed by atoms with Gasteiger partial charge < -0.3 is 11.1 Å². The summed E-state index contributed by atoms with van der Waals surface area (Å²) >= 11 is 7.49. The number of aryl methyl sites for hydroxylation is 1. The first-order chi connectivity index (χ1) is 10.0. The molecule has 1 amide bonds. The fourth-order valence-electron chi connectivity index (χ4n) is 1.83. The van der Waals surface area contributed by atoms with Crippen LogP contribution in [0.3, 0.4) is 0 Å². The number of benzene rings is 2. The van der Waals surface area contributed by atoms with Gasteiger partial charge in [0.05, 0.1) is 11.4 Å². The molecule has 0 spiro atoms. The van der Waals surface area contributed by atoms with Crippen LogP contribution in [0.5, 0.6) is 0 Å². The van der Waals surface area contributed by atoms with Crippen LogP contribution in [-0.2, 0) is 4.79 Å². The Balaban J connectivity index is 1.82. The molecule has 0 radical (unpaired) electrons. The van der Waals surface area contributed by atoms with E-state index in [4.69, 9.17) is 17.3 Å². The van der Waals surface area contributed by atoms with Gasteiger partial charge in [0.25, 0.3) is 0 Å². The van der Waals surface area contributed by atoms with E-state index in [1.165, 1.54) is 10.5 Å². The van der Waals surface area contributed by atoms with Crippen LogP contribution < -0.4 is 11.1 Å². The molecule has 0 aliphatic carbocycles. The van der Waals surface area contributed by atoms with Gasteiger partial charge in [0.1, 0.15) is 0 Å². The lowest BCUT2D eigenvalue weighted by Gasteiger charge is -2.08. The van der Waals surface area contributed by atoms with Crippen molar-refractivity contribution in [1.29, 1.82) is 0 Å². The van der Waals surface area contributed by atoms with Gasteiger partial charge in [-0.25, -0.2) is 0 Å². The zero-order valence-corrected chi connectivity index (χ0v) is 13.3. The van der Waals surface area contributed by atoms with Crippen LogP contribution in [0.1, 0.15) is 12.0 Å². The van der Waals surface area contributed by atoms with Crippen molar-refractivity contribution in [2.24, 2.45) is 0 Å². The molecule has 0 aromatic heterocycles. The summed E-state index contributed by atoms with van der Waals surface area (Å²) in [6.07, 6.45) is 0.431. The summed E-state index contributed by atoms with van der Waals surface area (Å²) in [5.74, 6) is 0.673. The highest BCUT2D eigenvalue weighted by atomic mass is 35.5. The first-order valence-electron chi connectivity index (χ1n) is 6.59. The number of thioether (sulfide) groups is 1. The van der Waals surface area contributed by atoms with Gasteiger partial charge in [-0.05, 0) is 37.3 Å². The Kier molecular flexibility index (Phi) is 5.53. The van der Waals surface area contributed by atoms with E-state index in [0.29, 0.717) is 22.8 Å². The molecule has 0 unspecified atom stereocenters. The second-order valence-corrected chi connectivity index (χ2v) is 6.30. The molecular weight excluding hydrogens is 304 g/mol. The van der Waals surface area contributed by atoms with Gasteiger partial charge in [-0.2, -0.15) is 0 Å². The minimum atomic E-state index is -0.0517. The summed E-state index contributed by atoms with van der Waals surface area (Å²) in [5.41, 5.74) is 8.10. The molecule has 2 rings (SSSR count). The van der Waals surface area contributed by atoms with Crippen LogP contribution in [-0.4, -0.2) is 11.7 Å². The van der Waals surface area contributed by atoms with Crippen molar-refractivity contribution >= 4 is 40.6 Å². The zero-order chi connectivity index (χ0) is 15.2. The van der Waals surface area contributed by atoms with Crippen molar-refractivity contribution in [1.82, 2.24) is 0 Å². The first-order valence-corrected chi connectivity index (χ1v) is 7.95. The van der Waals surface area contributed by atoms with Gasteiger partial charge in [-0.3, -0.25) is 4.79 Å². The molecule has 0 saturated carbocycles. The lowest BCUT2D eigenvalue weighted by atomic mass is 10.2. The van der Waals surface area contributed by atoms with Crippen LogP contribution in [0.2, 0.25) is 5.02 Å². The second kappa shape index (κ2) is 7.38. The van der Waals surface area contributed by atoms with E-state index in [2.05, 4.69) is 24.4 Å². The number of nitrogens with two attached hydrogens (primary N) is 1. The molecule has 0 aliphatic rings. The maximum Gasteiger partial charge on any atom is 0.225 e. The third-order valence-electron chi connectivity index (χ3n) is 2.88. The predicted molar refractivity (Wildman–Crippen MR) is 91.0 cm³/mol. The smallest absolute Gasteiger partial charge is 0.225 e. The van der Waals surface area contributed by atoms with Crippen LogP contribution >= 0.6 is 23.4 Å². The summed E-state index contributed by atoms with van der Waals surface area (Å²) in [7, 11) is 0. The van der Waals surface area contributed by atoms with Gasteiger partial charge in [-0.15, -0.1) is 11.8 Å². The van der Waals surface area contributed by atoms with Crippen molar-refractivity contribution in [3.63, 3.8) is 0 Å². The largest absolute Gasteiger partial charge is 0.397 e. The molecule has 0 atom stereocenters. The number of halogens is 1. The molecule has 2 aromatic rings. The second-order valence-electron chi connectivity index (χ2n) is 4.69. The van der Waals surface area contributed by atoms with E-state index in [-0.39, 0.29) is 5.91 Å². The van der Waals surface area contributed by atoms with E-state index < -0.39 is 0 Å². The highest BCUT2D eigenvalue weighted by molar-refractivity contribution is 7.99. The Morgan fingerprint density at radius 3 is 2.81 bits per heavy atom. The fourth-order valence-corrected chi connectivity index (χ4v) is 2.97. The van der Waals surface area contributed by atoms with Crippen molar-refractivity contribution in [2.75, 3.05) is 16.8 Å². The number of rotatable bonds is 5. The van der Waals surface area contributed by atoms with E-state index in [0.717, 1.165) is 5.75 Å². The van der Waals surface area contributed by atoms with Crippen LogP contribution in [0, 0.1) is 6.92 Å². The predicted octanol–water partition coefficient (Wildman–Crippen LogP) is 4.35. The maximum absolute atomic E-state index is 11.9. The number of anilines is 2. The van der Waals surface area contributed by atoms with Crippen LogP contribution in [0.25, 0.3) is 0 Å². The minimum absolute atomic E-state index is 0.0517. The molecule has 110 valence electrons. The van der Waals surface area contributed by atoms with Gasteiger partial charge in [-0.1, -0.05) is 29.3 Å². The van der Waals surface area contributed by atoms with Crippen molar-refractivity contribution < 1.29 is 4.79 Å². The van der Waals surface area contributed by atoms with Crippen molar-refractivity contribution in [2.45, 2.75) is 18.2 Å². The normalized spacial score (nSPS) is 10.4. The van der Waals surface area contributed by atoms with E-state index in [1.54, 1.807) is 30.0 Å². The number of amides is 1. The van der Waals surface area contributed by atoms with Gasteiger partial charge in [0.2, 0.25) is 5.91 Å². The lowest BCUT2D eigenvalue weighted by molar-refractivity contribution is -0.115. The van der Waals surface area contributed by atoms with Gasteiger partial charge in [0, 0.05) is 22.1 Å². The summed E-state index contributed by atoms with van der Waals surface area (Å²) < 4.78 is 0. The average molecular weight is 321 g/mol. The molecule has 21 heavy (non-hydrogen) atoms. The van der Waals surface area contributed by atoms with E-state index >= 15 is 0 Å². The molecule has 0 fully saturated rings. The first kappa shape index (κ1) is 15.7. The maximum atomic E-state index is 11.9. The van der Waals surface area contributed by atoms with Gasteiger partial charge >= 0.3 is 0 Å². The number of hydrogen-bond donors (Lipinski definition) is 2. The number of carbonyl (C=O) groups excluding carboxylic acids is 1. The molecule has 5 heteroatoms. The molecule has 0 bridgehead atoms. The van der Waals surface area contributed by atoms with Crippen LogP contribution in [0.4, 0.5) is 11.4 Å². The van der Waals surface area contributed by atoms with Gasteiger partial charge in [0.15, 0.2) is 0 Å². The molecule has 0 saturated heterocycles. The zero-order valence-electron chi connectivity index (χ0n) is 11.7. The molecule has 3 nitrogen and oxygen atoms in total. The Hall–Kier alpha value is -1.65. The third-order valence-corrected chi connectivity index (χ3v) is 4.11. The Morgan fingerprint density at radius 2 is 2.10 bits per heavy atom. The highest BCUT2D eigenvalue weighted by Gasteiger charge is 2.06. The molecule has 3 N–H and O–H groups in total. The number of nitrogens with one attached hydrogen (secondary N) is 1. The lowest BCUT2D eigenvalue weighted by Crippen LogP contribution is -2.13. The summed E-state index contributed by atoms with van der Waals surface area (Å²) in [6.45, 7) is 2.06. The molecule has 0 heterocycles. The van der Waals surface area contributed by atoms with E-state index in [1.807, 2.05) is 12.1 Å². The van der Waals surface area contributed by atoms with Crippen molar-refractivity contribution in [3.05, 3.63) is 53.1 Å². The summed E-state index contributed by atoms with van der Waals surface area (Å²) in [4.78, 5) is 13.1. The number of nitrogen functional groups attached to an aromatic ring is 1. The SMILES string of the molecule is Cc1cccc(SCCC(=O)Nc2ccc(Cl)cc2N)c1. The minimum Gasteiger partial charge on any atom is -0.397 e. The quantitative estimate of drug-likeness (QED) is 0.636. The third kappa shape index (κ3) is 4.99. The Morgan fingerprint density at radius 1 is 1.29 bits per heavy atom. The van der Waals surface area contributed by atoms with Crippen LogP contribution in [0.15, 0.2) is 47.4 Å². The highest BCUT2D eigenvalue weighted by Crippen LogP contribution is 2.23. The number of carbonyl (C=O) groups is 1. The van der Waals surface area contributed by atoms with E-state index in [9.17, 15) is 4.79 Å². The molecule has 2 aromatic carbocycles. The fraction of sp³-hybridized carbons (Fsp3) is 0.188. The number of hydrogen-bond acceptors (Lipinski definition) is 3. The Bertz CT molecular complexity index is 646. The summed E-state index contributed by atoms with van der Waals surface area (Å²) in [5, 5.41) is 3.36. The standard InChI is InChI=1S/C16H17ClN2OS/c1-11-3-2-4-13(9-11)21-8-7-16(20)19-15-6-5-12(17)10-14(15)18/h2-6,9-10H,7-8,18H2,1H3,(H,19,20). The summed E-state index contributed by atoms with van der Waals surface area (Å²) in [6, 6.07) is 13.3. The Labute approximate surface area is 133 Å².